The Bertz CT molecular complexity index is 1040. The summed E-state index contributed by atoms with van der Waals surface area (Å²) < 4.78 is 1.31. The number of carbonyl (C=O) groups excluding carboxylic acids is 1. The number of para-hydroxylation sites is 1. The topological polar surface area (TPSA) is 45.1 Å². The van der Waals surface area contributed by atoms with Crippen molar-refractivity contribution in [2.24, 2.45) is 10.9 Å². The van der Waals surface area contributed by atoms with E-state index in [0.717, 1.165) is 37.2 Å². The van der Waals surface area contributed by atoms with Crippen molar-refractivity contribution in [2.45, 2.75) is 19.4 Å². The first-order valence-corrected chi connectivity index (χ1v) is 10.5. The Labute approximate surface area is 167 Å². The predicted molar refractivity (Wildman–Crippen MR) is 114 cm³/mol. The molecule has 28 heavy (non-hydrogen) atoms. The smallest absolute Gasteiger partial charge is 0.336 e. The van der Waals surface area contributed by atoms with Crippen LogP contribution < -0.4 is 9.96 Å². The fourth-order valence-corrected chi connectivity index (χ4v) is 4.92. The minimum Gasteiger partial charge on any atom is -0.370 e. The summed E-state index contributed by atoms with van der Waals surface area (Å²) in [7, 11) is 0. The summed E-state index contributed by atoms with van der Waals surface area (Å²) in [5.74, 6) is -0.249. The highest BCUT2D eigenvalue weighted by molar-refractivity contribution is 7.17. The van der Waals surface area contributed by atoms with E-state index in [1.165, 1.54) is 20.8 Å². The Kier molecular flexibility index (Phi) is 4.49. The molecule has 1 aromatic heterocycles. The Morgan fingerprint density at radius 1 is 1.04 bits per heavy atom. The lowest BCUT2D eigenvalue weighted by atomic mass is 9.96. The number of hydrogen-bond acceptors (Lipinski definition) is 6. The fraction of sp³-hybridized carbons (Fsp3) is 0.273. The number of benzene rings is 2. The zero-order valence-electron chi connectivity index (χ0n) is 15.5. The summed E-state index contributed by atoms with van der Waals surface area (Å²) in [6.07, 6.45) is 3.21. The fourth-order valence-electron chi connectivity index (χ4n) is 3.94. The average molecular weight is 391 g/mol. The Hall–Kier alpha value is -2.86. The summed E-state index contributed by atoms with van der Waals surface area (Å²) >= 11 is 1.78. The van der Waals surface area contributed by atoms with Gasteiger partial charge in [0.15, 0.2) is 0 Å². The molecule has 0 amide bonds. The maximum Gasteiger partial charge on any atom is 0.336 e. The second-order valence-corrected chi connectivity index (χ2v) is 8.11. The number of rotatable bonds is 3. The van der Waals surface area contributed by atoms with Gasteiger partial charge in [-0.25, -0.2) is 4.79 Å². The van der Waals surface area contributed by atoms with Crippen molar-refractivity contribution in [3.63, 3.8) is 0 Å². The van der Waals surface area contributed by atoms with Gasteiger partial charge in [-0.15, -0.1) is 11.3 Å². The summed E-state index contributed by atoms with van der Waals surface area (Å²) in [6.45, 7) is 2.35. The molecule has 2 aromatic carbocycles. The van der Waals surface area contributed by atoms with E-state index in [-0.39, 0.29) is 11.9 Å². The molecule has 5 rings (SSSR count). The van der Waals surface area contributed by atoms with Crippen LogP contribution in [0.1, 0.15) is 18.4 Å². The number of fused-ring (bicyclic) bond motifs is 2. The van der Waals surface area contributed by atoms with Crippen LogP contribution in [0.2, 0.25) is 0 Å². The lowest BCUT2D eigenvalue weighted by Gasteiger charge is -2.33. The minimum absolute atomic E-state index is 0.0800. The molecule has 1 saturated heterocycles. The molecule has 1 fully saturated rings. The summed E-state index contributed by atoms with van der Waals surface area (Å²) in [5, 5.41) is 5.04. The monoisotopic (exact) mass is 391 g/mol. The van der Waals surface area contributed by atoms with Crippen LogP contribution >= 0.6 is 11.3 Å². The van der Waals surface area contributed by atoms with Crippen LogP contribution in [0.3, 0.4) is 0 Å². The molecule has 3 aromatic rings. The van der Waals surface area contributed by atoms with Gasteiger partial charge in [0.05, 0.1) is 23.8 Å². The van der Waals surface area contributed by atoms with Gasteiger partial charge in [0.2, 0.25) is 0 Å². The van der Waals surface area contributed by atoms with Gasteiger partial charge in [-0.3, -0.25) is 4.99 Å². The molecular formula is C22H21N3O2S. The molecule has 6 heteroatoms. The van der Waals surface area contributed by atoms with Crippen molar-refractivity contribution < 1.29 is 9.63 Å². The van der Waals surface area contributed by atoms with E-state index in [4.69, 9.17) is 4.84 Å². The second-order valence-electron chi connectivity index (χ2n) is 7.20. The zero-order valence-corrected chi connectivity index (χ0v) is 16.3. The van der Waals surface area contributed by atoms with Crippen molar-refractivity contribution >= 4 is 45.1 Å². The number of carbonyl (C=O) groups is 1. The number of nitrogens with zero attached hydrogens (tertiary/aromatic N) is 3. The molecule has 0 saturated carbocycles. The number of thiophene rings is 1. The van der Waals surface area contributed by atoms with Gasteiger partial charge in [-0.1, -0.05) is 36.4 Å². The minimum atomic E-state index is -0.169. The van der Waals surface area contributed by atoms with Gasteiger partial charge in [0, 0.05) is 34.1 Å². The van der Waals surface area contributed by atoms with E-state index in [9.17, 15) is 4.79 Å². The van der Waals surface area contributed by atoms with Gasteiger partial charge in [0.1, 0.15) is 6.34 Å². The van der Waals surface area contributed by atoms with Gasteiger partial charge in [-0.05, 0) is 25.0 Å². The van der Waals surface area contributed by atoms with Crippen molar-refractivity contribution in [3.8, 4) is 0 Å². The summed E-state index contributed by atoms with van der Waals surface area (Å²) in [5.41, 5.74) is 3.24. The van der Waals surface area contributed by atoms with Crippen LogP contribution in [0.4, 0.5) is 11.4 Å². The quantitative estimate of drug-likeness (QED) is 0.653. The van der Waals surface area contributed by atoms with Gasteiger partial charge < -0.3 is 9.74 Å². The highest BCUT2D eigenvalue weighted by atomic mass is 32.1. The van der Waals surface area contributed by atoms with E-state index >= 15 is 0 Å². The molecule has 0 spiro atoms. The zero-order chi connectivity index (χ0) is 18.9. The lowest BCUT2D eigenvalue weighted by Crippen LogP contribution is -2.39. The van der Waals surface area contributed by atoms with E-state index < -0.39 is 0 Å². The van der Waals surface area contributed by atoms with Gasteiger partial charge in [-0.2, -0.15) is 5.06 Å². The first kappa shape index (κ1) is 17.3. The van der Waals surface area contributed by atoms with Crippen molar-refractivity contribution in [1.29, 1.82) is 0 Å². The highest BCUT2D eigenvalue weighted by Crippen LogP contribution is 2.35. The van der Waals surface area contributed by atoms with Crippen molar-refractivity contribution in [1.82, 2.24) is 0 Å². The standard InChI is InChI=1S/C22H21N3O2S/c26-22(27-25-15-23-13-17-5-1-3-7-19(17)25)16-9-11-24(12-10-16)20-14-28-21-8-4-2-6-18(20)21/h1-8,14-16H,9-13H2. The Morgan fingerprint density at radius 2 is 1.82 bits per heavy atom. The summed E-state index contributed by atoms with van der Waals surface area (Å²) in [4.78, 5) is 25.1. The van der Waals surface area contributed by atoms with Crippen LogP contribution in [0.25, 0.3) is 10.1 Å². The number of hydrogen-bond donors (Lipinski definition) is 0. The largest absolute Gasteiger partial charge is 0.370 e. The third kappa shape index (κ3) is 3.14. The number of piperidine rings is 1. The lowest BCUT2D eigenvalue weighted by molar-refractivity contribution is -0.148. The molecule has 0 aliphatic carbocycles. The van der Waals surface area contributed by atoms with E-state index in [1.807, 2.05) is 24.3 Å². The van der Waals surface area contributed by atoms with Crippen molar-refractivity contribution in [3.05, 3.63) is 59.5 Å². The summed E-state index contributed by atoms with van der Waals surface area (Å²) in [6, 6.07) is 16.4. The van der Waals surface area contributed by atoms with Crippen LogP contribution in [0.15, 0.2) is 58.9 Å². The molecule has 2 aliphatic rings. The molecule has 5 nitrogen and oxygen atoms in total. The normalized spacial score (nSPS) is 17.0. The SMILES string of the molecule is O=C(ON1C=NCc2ccccc21)C1CCN(c2csc3ccccc23)CC1. The molecule has 0 N–H and O–H groups in total. The van der Waals surface area contributed by atoms with Crippen LogP contribution in [0, 0.1) is 5.92 Å². The molecule has 0 radical (unpaired) electrons. The van der Waals surface area contributed by atoms with Crippen LogP contribution in [-0.2, 0) is 16.2 Å². The first-order valence-electron chi connectivity index (χ1n) is 9.60. The van der Waals surface area contributed by atoms with Crippen LogP contribution in [0.5, 0.6) is 0 Å². The Morgan fingerprint density at radius 3 is 2.71 bits per heavy atom. The molecule has 0 unspecified atom stereocenters. The first-order chi connectivity index (χ1) is 13.8. The number of aliphatic imine (C=N–C) groups is 1. The third-order valence-corrected chi connectivity index (χ3v) is 6.45. The van der Waals surface area contributed by atoms with E-state index in [2.05, 4.69) is 39.5 Å². The molecule has 0 bridgehead atoms. The maximum atomic E-state index is 12.7. The number of hydroxylamine groups is 1. The second kappa shape index (κ2) is 7.28. The average Bonchev–Trinajstić information content (AvgIpc) is 3.18. The van der Waals surface area contributed by atoms with Gasteiger partial charge in [0.25, 0.3) is 0 Å². The molecule has 2 aliphatic heterocycles. The molecule has 0 atom stereocenters. The van der Waals surface area contributed by atoms with Crippen molar-refractivity contribution in [2.75, 3.05) is 23.1 Å². The van der Waals surface area contributed by atoms with Crippen LogP contribution in [-0.4, -0.2) is 25.4 Å². The third-order valence-electron chi connectivity index (χ3n) is 5.50. The predicted octanol–water partition coefficient (Wildman–Crippen LogP) is 4.62. The maximum absolute atomic E-state index is 12.7. The number of anilines is 2. The highest BCUT2D eigenvalue weighted by Gasteiger charge is 2.29. The molecule has 3 heterocycles. The van der Waals surface area contributed by atoms with E-state index in [1.54, 1.807) is 17.7 Å². The Balaban J connectivity index is 1.24. The molecular weight excluding hydrogens is 370 g/mol. The van der Waals surface area contributed by atoms with E-state index in [0.29, 0.717) is 6.54 Å². The van der Waals surface area contributed by atoms with Gasteiger partial charge >= 0.3 is 5.97 Å². The molecule has 142 valence electrons.